The van der Waals surface area contributed by atoms with Gasteiger partial charge < -0.3 is 4.90 Å². The van der Waals surface area contributed by atoms with Crippen LogP contribution in [0.25, 0.3) is 0 Å². The molecule has 1 saturated heterocycles. The molecule has 26 heavy (non-hydrogen) atoms. The molecule has 4 nitrogen and oxygen atoms in total. The van der Waals surface area contributed by atoms with E-state index in [1.165, 1.54) is 19.3 Å². The number of allylic oxidation sites excluding steroid dienone is 2. The highest BCUT2D eigenvalue weighted by atomic mass is 16.1. The van der Waals surface area contributed by atoms with E-state index >= 15 is 0 Å². The van der Waals surface area contributed by atoms with Gasteiger partial charge in [-0.2, -0.15) is 0 Å². The first-order valence-corrected chi connectivity index (χ1v) is 9.74. The average Bonchev–Trinajstić information content (AvgIpc) is 2.67. The topological polar surface area (TPSA) is 54.5 Å². The van der Waals surface area contributed by atoms with Crippen molar-refractivity contribution in [2.75, 3.05) is 19.6 Å². The van der Waals surface area contributed by atoms with Crippen molar-refractivity contribution in [2.45, 2.75) is 39.0 Å². The van der Waals surface area contributed by atoms with Crippen molar-refractivity contribution in [3.63, 3.8) is 0 Å². The van der Waals surface area contributed by atoms with Crippen molar-refractivity contribution < 1.29 is 14.4 Å². The summed E-state index contributed by atoms with van der Waals surface area (Å²) < 4.78 is 0. The fourth-order valence-electron chi connectivity index (χ4n) is 4.72. The Balaban J connectivity index is 1.66. The Morgan fingerprint density at radius 1 is 0.962 bits per heavy atom. The zero-order valence-electron chi connectivity index (χ0n) is 15.3. The molecule has 136 valence electrons. The summed E-state index contributed by atoms with van der Waals surface area (Å²) in [5, 5.41) is 0. The number of nitrogens with zero attached hydrogens (tertiary/aromatic N) is 1. The maximum absolute atomic E-state index is 13.2. The average molecular weight is 351 g/mol. The maximum atomic E-state index is 13.2. The Kier molecular flexibility index (Phi) is 4.62. The number of rotatable bonds is 3. The summed E-state index contributed by atoms with van der Waals surface area (Å²) in [7, 11) is 0. The number of hydrogen-bond donors (Lipinski definition) is 0. The van der Waals surface area contributed by atoms with E-state index in [2.05, 4.69) is 4.90 Å². The van der Waals surface area contributed by atoms with Crippen LogP contribution in [0.5, 0.6) is 0 Å². The summed E-state index contributed by atoms with van der Waals surface area (Å²) in [6.45, 7) is 5.00. The zero-order valence-corrected chi connectivity index (χ0v) is 15.3. The Morgan fingerprint density at radius 3 is 2.31 bits per heavy atom. The largest absolute Gasteiger partial charge is 0.303 e. The molecule has 4 rings (SSSR count). The van der Waals surface area contributed by atoms with Gasteiger partial charge in [0.1, 0.15) is 5.78 Å². The molecular weight excluding hydrogens is 326 g/mol. The highest BCUT2D eigenvalue weighted by Gasteiger charge is 2.43. The molecule has 1 aromatic rings. The van der Waals surface area contributed by atoms with Gasteiger partial charge in [-0.3, -0.25) is 14.4 Å². The Bertz CT molecular complexity index is 801. The number of ketones is 3. The minimum absolute atomic E-state index is 0.0433. The quantitative estimate of drug-likeness (QED) is 0.837. The normalized spacial score (nSPS) is 26.7. The summed E-state index contributed by atoms with van der Waals surface area (Å²) in [4.78, 5) is 41.1. The fraction of sp³-hybridized carbons (Fsp3) is 0.500. The number of hydrogen-bond acceptors (Lipinski definition) is 4. The monoisotopic (exact) mass is 351 g/mol. The minimum atomic E-state index is -0.194. The number of likely N-dealkylation sites (tertiary alicyclic amines) is 1. The Morgan fingerprint density at radius 2 is 1.62 bits per heavy atom. The van der Waals surface area contributed by atoms with Crippen molar-refractivity contribution in [1.29, 1.82) is 0 Å². The van der Waals surface area contributed by atoms with Crippen molar-refractivity contribution in [3.05, 3.63) is 46.5 Å². The fourth-order valence-corrected chi connectivity index (χ4v) is 4.72. The third kappa shape index (κ3) is 2.86. The van der Waals surface area contributed by atoms with Crippen LogP contribution in [-0.2, 0) is 4.79 Å². The molecule has 4 heteroatoms. The molecule has 2 aliphatic carbocycles. The van der Waals surface area contributed by atoms with Crippen LogP contribution in [0, 0.1) is 11.8 Å². The lowest BCUT2D eigenvalue weighted by Gasteiger charge is -2.36. The van der Waals surface area contributed by atoms with Gasteiger partial charge in [0.2, 0.25) is 0 Å². The molecular formula is C22H25NO3. The van der Waals surface area contributed by atoms with E-state index in [1.54, 1.807) is 24.3 Å². The molecule has 1 heterocycles. The standard InChI is InChI=1S/C22H25NO3/c1-14-15(9-12-23-10-5-2-6-11-23)20-18(13-19(14)24)21(25)16-7-3-4-8-17(16)22(20)26/h3-4,7-8,14-15H,2,5-6,9-13H2,1H3. The molecule has 2 unspecified atom stereocenters. The summed E-state index contributed by atoms with van der Waals surface area (Å²) in [5.41, 5.74) is 2.03. The van der Waals surface area contributed by atoms with E-state index in [4.69, 9.17) is 0 Å². The molecule has 0 spiro atoms. The molecule has 0 aromatic heterocycles. The predicted octanol–water partition coefficient (Wildman–Crippen LogP) is 3.46. The van der Waals surface area contributed by atoms with Crippen molar-refractivity contribution in [1.82, 2.24) is 4.90 Å². The first-order chi connectivity index (χ1) is 12.6. The smallest absolute Gasteiger partial charge is 0.190 e. The van der Waals surface area contributed by atoms with Crippen LogP contribution in [0.1, 0.15) is 59.7 Å². The van der Waals surface area contributed by atoms with Gasteiger partial charge in [0, 0.05) is 34.6 Å². The summed E-state index contributed by atoms with van der Waals surface area (Å²) >= 11 is 0. The van der Waals surface area contributed by atoms with Gasteiger partial charge in [-0.15, -0.1) is 0 Å². The first-order valence-electron chi connectivity index (χ1n) is 9.74. The van der Waals surface area contributed by atoms with Gasteiger partial charge in [0.25, 0.3) is 0 Å². The second kappa shape index (κ2) is 6.92. The molecule has 0 bridgehead atoms. The van der Waals surface area contributed by atoms with E-state index < -0.39 is 0 Å². The van der Waals surface area contributed by atoms with Crippen LogP contribution in [-0.4, -0.2) is 41.9 Å². The van der Waals surface area contributed by atoms with Crippen LogP contribution in [0.4, 0.5) is 0 Å². The van der Waals surface area contributed by atoms with Crippen LogP contribution in [0.15, 0.2) is 35.4 Å². The number of benzene rings is 1. The number of Topliss-reactive ketones (excluding diaryl/α,β-unsaturated/α-hetero) is 3. The van der Waals surface area contributed by atoms with E-state index in [0.29, 0.717) is 22.3 Å². The van der Waals surface area contributed by atoms with Crippen molar-refractivity contribution in [2.24, 2.45) is 11.8 Å². The lowest BCUT2D eigenvalue weighted by Crippen LogP contribution is -2.39. The Labute approximate surface area is 154 Å². The summed E-state index contributed by atoms with van der Waals surface area (Å²) in [6.07, 6.45) is 4.60. The third-order valence-electron chi connectivity index (χ3n) is 6.30. The zero-order chi connectivity index (χ0) is 18.3. The van der Waals surface area contributed by atoms with Crippen LogP contribution >= 0.6 is 0 Å². The molecule has 1 fully saturated rings. The van der Waals surface area contributed by atoms with Crippen molar-refractivity contribution >= 4 is 17.3 Å². The second-order valence-electron chi connectivity index (χ2n) is 7.83. The van der Waals surface area contributed by atoms with Gasteiger partial charge in [-0.05, 0) is 44.8 Å². The maximum Gasteiger partial charge on any atom is 0.190 e. The molecule has 0 N–H and O–H groups in total. The van der Waals surface area contributed by atoms with Crippen LogP contribution < -0.4 is 0 Å². The highest BCUT2D eigenvalue weighted by Crippen LogP contribution is 2.41. The van der Waals surface area contributed by atoms with E-state index in [-0.39, 0.29) is 35.6 Å². The molecule has 0 amide bonds. The first kappa shape index (κ1) is 17.3. The lowest BCUT2D eigenvalue weighted by atomic mass is 9.67. The third-order valence-corrected chi connectivity index (χ3v) is 6.30. The van der Waals surface area contributed by atoms with Gasteiger partial charge in [-0.25, -0.2) is 0 Å². The molecule has 1 aliphatic heterocycles. The number of carbonyl (C=O) groups is 3. The van der Waals surface area contributed by atoms with Gasteiger partial charge in [0.05, 0.1) is 0 Å². The number of piperidine rings is 1. The second-order valence-corrected chi connectivity index (χ2v) is 7.83. The minimum Gasteiger partial charge on any atom is -0.303 e. The molecule has 0 saturated carbocycles. The molecule has 2 atom stereocenters. The predicted molar refractivity (Wildman–Crippen MR) is 99.3 cm³/mol. The van der Waals surface area contributed by atoms with Gasteiger partial charge in [-0.1, -0.05) is 37.6 Å². The highest BCUT2D eigenvalue weighted by molar-refractivity contribution is 6.28. The van der Waals surface area contributed by atoms with Crippen LogP contribution in [0.3, 0.4) is 0 Å². The molecule has 1 aromatic carbocycles. The Hall–Kier alpha value is -2.07. The molecule has 0 radical (unpaired) electrons. The lowest BCUT2D eigenvalue weighted by molar-refractivity contribution is -0.123. The van der Waals surface area contributed by atoms with E-state index in [0.717, 1.165) is 26.1 Å². The van der Waals surface area contributed by atoms with Crippen LogP contribution in [0.2, 0.25) is 0 Å². The SMILES string of the molecule is CC1C(=O)CC2=C(C(=O)c3ccccc3C2=O)C1CCN1CCCCC1. The van der Waals surface area contributed by atoms with Gasteiger partial charge >= 0.3 is 0 Å². The molecule has 3 aliphatic rings. The summed E-state index contributed by atoms with van der Waals surface area (Å²) in [5.74, 6) is -0.414. The van der Waals surface area contributed by atoms with E-state index in [9.17, 15) is 14.4 Å². The number of fused-ring (bicyclic) bond motifs is 1. The van der Waals surface area contributed by atoms with Crippen molar-refractivity contribution in [3.8, 4) is 0 Å². The van der Waals surface area contributed by atoms with Gasteiger partial charge in [0.15, 0.2) is 11.6 Å². The summed E-state index contributed by atoms with van der Waals surface area (Å²) in [6, 6.07) is 7.01. The number of carbonyl (C=O) groups excluding carboxylic acids is 3. The van der Waals surface area contributed by atoms with E-state index in [1.807, 2.05) is 6.92 Å².